The van der Waals surface area contributed by atoms with Gasteiger partial charge in [0.15, 0.2) is 5.78 Å². The summed E-state index contributed by atoms with van der Waals surface area (Å²) in [4.78, 5) is 21.8. The summed E-state index contributed by atoms with van der Waals surface area (Å²) in [6.45, 7) is 1.50. The summed E-state index contributed by atoms with van der Waals surface area (Å²) in [5, 5.41) is 11.7. The van der Waals surface area contributed by atoms with Gasteiger partial charge in [-0.2, -0.15) is 0 Å². The van der Waals surface area contributed by atoms with Crippen molar-refractivity contribution in [1.29, 1.82) is 0 Å². The van der Waals surface area contributed by atoms with E-state index in [4.69, 9.17) is 5.11 Å². The fourth-order valence-corrected chi connectivity index (χ4v) is 1.79. The number of rotatable bonds is 2. The lowest BCUT2D eigenvalue weighted by atomic mass is 9.92. The lowest BCUT2D eigenvalue weighted by Gasteiger charge is -2.17. The van der Waals surface area contributed by atoms with E-state index < -0.39 is 5.97 Å². The molecule has 0 amide bonds. The second-order valence-corrected chi connectivity index (χ2v) is 3.67. The molecule has 0 aromatic rings. The summed E-state index contributed by atoms with van der Waals surface area (Å²) in [6, 6.07) is -0.0285. The molecule has 78 valence electrons. The first kappa shape index (κ1) is 9.71. The third-order valence-electron chi connectivity index (χ3n) is 2.59. The molecular formula is C11H11NO3. The van der Waals surface area contributed by atoms with E-state index in [1.807, 2.05) is 6.08 Å². The molecule has 0 bridgehead atoms. The van der Waals surface area contributed by atoms with Gasteiger partial charge in [-0.15, -0.1) is 0 Å². The second kappa shape index (κ2) is 3.38. The average molecular weight is 205 g/mol. The van der Waals surface area contributed by atoms with Crippen LogP contribution in [0.15, 0.2) is 35.6 Å². The highest BCUT2D eigenvalue weighted by molar-refractivity contribution is 5.96. The summed E-state index contributed by atoms with van der Waals surface area (Å²) >= 11 is 0. The number of Topliss-reactive ketones (excluding diaryl/α,β-unsaturated/α-hetero) is 1. The molecular weight excluding hydrogens is 194 g/mol. The monoisotopic (exact) mass is 205 g/mol. The zero-order valence-electron chi connectivity index (χ0n) is 8.23. The van der Waals surface area contributed by atoms with Crippen molar-refractivity contribution in [1.82, 2.24) is 5.32 Å². The molecule has 2 N–H and O–H groups in total. The third-order valence-corrected chi connectivity index (χ3v) is 2.59. The van der Waals surface area contributed by atoms with Crippen molar-refractivity contribution in [3.63, 3.8) is 0 Å². The topological polar surface area (TPSA) is 66.4 Å². The molecule has 0 aromatic heterocycles. The zero-order chi connectivity index (χ0) is 11.0. The first-order chi connectivity index (χ1) is 7.08. The first-order valence-corrected chi connectivity index (χ1v) is 4.70. The quantitative estimate of drug-likeness (QED) is 0.693. The summed E-state index contributed by atoms with van der Waals surface area (Å²) < 4.78 is 0. The van der Waals surface area contributed by atoms with Gasteiger partial charge in [0.2, 0.25) is 0 Å². The molecule has 2 unspecified atom stereocenters. The number of carbonyl (C=O) groups is 2. The first-order valence-electron chi connectivity index (χ1n) is 4.70. The number of fused-ring (bicyclic) bond motifs is 1. The van der Waals surface area contributed by atoms with Gasteiger partial charge in [0.25, 0.3) is 0 Å². The molecule has 15 heavy (non-hydrogen) atoms. The van der Waals surface area contributed by atoms with E-state index in [1.54, 1.807) is 18.2 Å². The highest BCUT2D eigenvalue weighted by Crippen LogP contribution is 2.25. The number of aliphatic carboxylic acids is 1. The minimum absolute atomic E-state index is 0.00174. The molecule has 0 saturated carbocycles. The molecule has 1 aliphatic carbocycles. The Bertz CT molecular complexity index is 418. The van der Waals surface area contributed by atoms with Crippen LogP contribution in [0.5, 0.6) is 0 Å². The minimum atomic E-state index is -0.962. The molecule has 2 atom stereocenters. The van der Waals surface area contributed by atoms with Gasteiger partial charge in [-0.05, 0) is 13.0 Å². The van der Waals surface area contributed by atoms with Crippen LogP contribution in [0.4, 0.5) is 0 Å². The molecule has 0 aromatic carbocycles. The van der Waals surface area contributed by atoms with E-state index in [9.17, 15) is 9.59 Å². The summed E-state index contributed by atoms with van der Waals surface area (Å²) in [5.74, 6) is -0.988. The van der Waals surface area contributed by atoms with Crippen LogP contribution >= 0.6 is 0 Å². The Morgan fingerprint density at radius 2 is 2.13 bits per heavy atom. The van der Waals surface area contributed by atoms with Crippen LogP contribution in [0, 0.1) is 5.92 Å². The second-order valence-electron chi connectivity index (χ2n) is 3.67. The maximum absolute atomic E-state index is 11.1. The Morgan fingerprint density at radius 1 is 1.40 bits per heavy atom. The number of carbonyl (C=O) groups excluding carboxylic acids is 1. The van der Waals surface area contributed by atoms with Gasteiger partial charge in [-0.1, -0.05) is 18.2 Å². The van der Waals surface area contributed by atoms with Crippen molar-refractivity contribution < 1.29 is 14.7 Å². The van der Waals surface area contributed by atoms with Crippen LogP contribution in [0.3, 0.4) is 0 Å². The standard InChI is InChI=1S/C11H11NO3/c1-6(13)7-2-3-9-8(4-7)5-10(12-9)11(14)15/h2-5,8-9,12H,1H3,(H,14,15). The number of carboxylic acids is 1. The molecule has 1 heterocycles. The Kier molecular flexibility index (Phi) is 2.19. The van der Waals surface area contributed by atoms with Crippen molar-refractivity contribution in [3.05, 3.63) is 35.6 Å². The molecule has 0 spiro atoms. The van der Waals surface area contributed by atoms with Gasteiger partial charge in [-0.25, -0.2) is 4.79 Å². The number of carboxylic acid groups (broad SMARTS) is 1. The Morgan fingerprint density at radius 3 is 2.73 bits per heavy atom. The molecule has 2 aliphatic rings. The van der Waals surface area contributed by atoms with E-state index in [0.29, 0.717) is 5.57 Å². The average Bonchev–Trinajstić information content (AvgIpc) is 2.59. The summed E-state index contributed by atoms with van der Waals surface area (Å²) in [5.41, 5.74) is 0.844. The smallest absolute Gasteiger partial charge is 0.351 e. The SMILES string of the molecule is CC(=O)C1=CC2C=C(C(=O)O)NC2C=C1. The van der Waals surface area contributed by atoms with Gasteiger partial charge in [0, 0.05) is 11.5 Å². The van der Waals surface area contributed by atoms with Crippen LogP contribution in [-0.2, 0) is 9.59 Å². The number of ketones is 1. The highest BCUT2D eigenvalue weighted by atomic mass is 16.4. The number of nitrogens with one attached hydrogen (secondary N) is 1. The molecule has 2 rings (SSSR count). The van der Waals surface area contributed by atoms with Crippen LogP contribution in [0.25, 0.3) is 0 Å². The van der Waals surface area contributed by atoms with Crippen LogP contribution in [0.2, 0.25) is 0 Å². The predicted octanol–water partition coefficient (Wildman–Crippen LogP) is 0.628. The minimum Gasteiger partial charge on any atom is -0.477 e. The maximum Gasteiger partial charge on any atom is 0.351 e. The van der Waals surface area contributed by atoms with Gasteiger partial charge in [-0.3, -0.25) is 4.79 Å². The third kappa shape index (κ3) is 1.70. The maximum atomic E-state index is 11.1. The van der Waals surface area contributed by atoms with Gasteiger partial charge in [0.05, 0.1) is 6.04 Å². The highest BCUT2D eigenvalue weighted by Gasteiger charge is 2.29. The van der Waals surface area contributed by atoms with E-state index in [2.05, 4.69) is 5.32 Å². The fraction of sp³-hybridized carbons (Fsp3) is 0.273. The van der Waals surface area contributed by atoms with Gasteiger partial charge >= 0.3 is 5.97 Å². The van der Waals surface area contributed by atoms with Crippen molar-refractivity contribution >= 4 is 11.8 Å². The van der Waals surface area contributed by atoms with E-state index in [1.165, 1.54) is 6.92 Å². The normalized spacial score (nSPS) is 27.5. The Hall–Kier alpha value is -1.84. The van der Waals surface area contributed by atoms with Crippen LogP contribution in [-0.4, -0.2) is 22.9 Å². The van der Waals surface area contributed by atoms with Crippen molar-refractivity contribution in [3.8, 4) is 0 Å². The van der Waals surface area contributed by atoms with Crippen molar-refractivity contribution in [2.24, 2.45) is 5.92 Å². The van der Waals surface area contributed by atoms with Crippen molar-refractivity contribution in [2.45, 2.75) is 13.0 Å². The molecule has 4 heteroatoms. The van der Waals surface area contributed by atoms with Crippen LogP contribution < -0.4 is 5.32 Å². The summed E-state index contributed by atoms with van der Waals surface area (Å²) in [6.07, 6.45) is 7.00. The predicted molar refractivity (Wildman–Crippen MR) is 54.0 cm³/mol. The summed E-state index contributed by atoms with van der Waals surface area (Å²) in [7, 11) is 0. The van der Waals surface area contributed by atoms with Gasteiger partial charge in [0.1, 0.15) is 5.70 Å². The molecule has 0 saturated heterocycles. The lowest BCUT2D eigenvalue weighted by Crippen LogP contribution is -2.29. The van der Waals surface area contributed by atoms with E-state index in [-0.39, 0.29) is 23.4 Å². The fourth-order valence-electron chi connectivity index (χ4n) is 1.79. The van der Waals surface area contributed by atoms with Crippen LogP contribution in [0.1, 0.15) is 6.92 Å². The van der Waals surface area contributed by atoms with Crippen molar-refractivity contribution in [2.75, 3.05) is 0 Å². The molecule has 0 radical (unpaired) electrons. The van der Waals surface area contributed by atoms with Gasteiger partial charge < -0.3 is 10.4 Å². The lowest BCUT2D eigenvalue weighted by molar-refractivity contribution is -0.133. The molecule has 4 nitrogen and oxygen atoms in total. The molecule has 0 fully saturated rings. The Labute approximate surface area is 87.0 Å². The zero-order valence-corrected chi connectivity index (χ0v) is 8.23. The number of allylic oxidation sites excluding steroid dienone is 2. The Balaban J connectivity index is 2.25. The number of hydrogen-bond acceptors (Lipinski definition) is 3. The number of hydrogen-bond donors (Lipinski definition) is 2. The molecule has 1 aliphatic heterocycles. The van der Waals surface area contributed by atoms with E-state index >= 15 is 0 Å². The largest absolute Gasteiger partial charge is 0.477 e. The van der Waals surface area contributed by atoms with E-state index in [0.717, 1.165) is 0 Å².